The monoisotopic (exact) mass is 399 g/mol. The van der Waals surface area contributed by atoms with Gasteiger partial charge in [-0.25, -0.2) is 4.79 Å². The van der Waals surface area contributed by atoms with Gasteiger partial charge < -0.3 is 5.32 Å². The van der Waals surface area contributed by atoms with Crippen LogP contribution in [-0.4, -0.2) is 15.3 Å². The molecule has 0 radical (unpaired) electrons. The molecule has 1 unspecified atom stereocenters. The number of benzene rings is 2. The van der Waals surface area contributed by atoms with E-state index in [0.717, 1.165) is 11.1 Å². The molecule has 6 nitrogen and oxygen atoms in total. The third kappa shape index (κ3) is 2.46. The lowest BCUT2D eigenvalue weighted by Crippen LogP contribution is -2.37. The van der Waals surface area contributed by atoms with Gasteiger partial charge in [-0.15, -0.1) is 0 Å². The Hall–Kier alpha value is -3.67. The van der Waals surface area contributed by atoms with Crippen LogP contribution in [0.15, 0.2) is 63.7 Å². The zero-order valence-electron chi connectivity index (χ0n) is 16.9. The summed E-state index contributed by atoms with van der Waals surface area (Å²) in [6, 6.07) is 15.4. The van der Waals surface area contributed by atoms with E-state index in [-0.39, 0.29) is 5.78 Å². The molecule has 150 valence electrons. The summed E-state index contributed by atoms with van der Waals surface area (Å²) in [6.45, 7) is 4.24. The lowest BCUT2D eigenvalue weighted by Gasteiger charge is -2.29. The van der Waals surface area contributed by atoms with Crippen molar-refractivity contribution in [1.29, 1.82) is 0 Å². The fourth-order valence-electron chi connectivity index (χ4n) is 4.44. The molecule has 5 rings (SSSR count). The number of anilines is 1. The van der Waals surface area contributed by atoms with Crippen LogP contribution in [-0.2, 0) is 7.05 Å². The number of Topliss-reactive ketones (excluding diaryl/α,β-unsaturated/α-hetero) is 1. The topological polar surface area (TPSA) is 84.0 Å². The molecule has 2 heterocycles. The first-order valence-corrected chi connectivity index (χ1v) is 9.96. The summed E-state index contributed by atoms with van der Waals surface area (Å²) in [5.41, 5.74) is 4.04. The molecule has 30 heavy (non-hydrogen) atoms. The Morgan fingerprint density at radius 3 is 2.27 bits per heavy atom. The first-order chi connectivity index (χ1) is 14.4. The maximum atomic E-state index is 13.4. The van der Waals surface area contributed by atoms with Crippen molar-refractivity contribution in [2.24, 2.45) is 7.05 Å². The summed E-state index contributed by atoms with van der Waals surface area (Å²) in [5.74, 6) is 0.138. The van der Waals surface area contributed by atoms with Gasteiger partial charge >= 0.3 is 5.69 Å². The van der Waals surface area contributed by atoms with Crippen molar-refractivity contribution in [3.05, 3.63) is 103 Å². The summed E-state index contributed by atoms with van der Waals surface area (Å²) >= 11 is 0. The van der Waals surface area contributed by atoms with Crippen LogP contribution in [0.2, 0.25) is 0 Å². The standard InChI is InChI=1S/C24H21N3O3/c1-12(2)13-8-10-14(11-9-13)17-18-20(15-6-4-5-7-16(15)21(18)28)25-22-19(17)23(29)26-24(30)27(22)3/h4-12,17,25H,1-3H3,(H,26,29,30). The smallest absolute Gasteiger partial charge is 0.329 e. The average Bonchev–Trinajstić information content (AvgIpc) is 3.03. The van der Waals surface area contributed by atoms with E-state index in [0.29, 0.717) is 34.1 Å². The molecule has 0 fully saturated rings. The van der Waals surface area contributed by atoms with Crippen LogP contribution >= 0.6 is 0 Å². The zero-order valence-corrected chi connectivity index (χ0v) is 16.9. The highest BCUT2D eigenvalue weighted by molar-refractivity contribution is 6.23. The zero-order chi connectivity index (χ0) is 21.2. The normalized spacial score (nSPS) is 16.9. The molecule has 0 saturated heterocycles. The van der Waals surface area contributed by atoms with Crippen molar-refractivity contribution >= 4 is 17.3 Å². The SMILES string of the molecule is CC(C)c1ccc(C2C3=C(Nc4c2c(=O)[nH]c(=O)n4C)c2ccccc2C3=O)cc1. The number of nitrogens with zero attached hydrogens (tertiary/aromatic N) is 1. The van der Waals surface area contributed by atoms with E-state index in [1.54, 1.807) is 13.1 Å². The highest BCUT2D eigenvalue weighted by atomic mass is 16.2. The van der Waals surface area contributed by atoms with E-state index in [9.17, 15) is 14.4 Å². The van der Waals surface area contributed by atoms with E-state index in [2.05, 4.69) is 24.1 Å². The number of aromatic nitrogens is 2. The molecule has 0 spiro atoms. The third-order valence-corrected chi connectivity index (χ3v) is 6.07. The van der Waals surface area contributed by atoms with Crippen molar-refractivity contribution < 1.29 is 4.79 Å². The molecule has 1 atom stereocenters. The number of H-pyrrole nitrogens is 1. The molecule has 2 aliphatic rings. The Morgan fingerprint density at radius 2 is 1.60 bits per heavy atom. The van der Waals surface area contributed by atoms with Crippen LogP contribution in [0.1, 0.15) is 58.3 Å². The number of rotatable bonds is 2. The number of allylic oxidation sites excluding steroid dienone is 1. The molecule has 0 saturated carbocycles. The Balaban J connectivity index is 1.81. The van der Waals surface area contributed by atoms with Crippen molar-refractivity contribution in [2.45, 2.75) is 25.7 Å². The fourth-order valence-corrected chi connectivity index (χ4v) is 4.44. The number of aromatic amines is 1. The van der Waals surface area contributed by atoms with E-state index in [1.165, 1.54) is 10.1 Å². The second-order valence-electron chi connectivity index (χ2n) is 8.12. The largest absolute Gasteiger partial charge is 0.340 e. The average molecular weight is 399 g/mol. The molecule has 0 amide bonds. The first kappa shape index (κ1) is 18.4. The van der Waals surface area contributed by atoms with Crippen molar-refractivity contribution in [3.63, 3.8) is 0 Å². The molecular formula is C24H21N3O3. The van der Waals surface area contributed by atoms with Crippen molar-refractivity contribution in [2.75, 3.05) is 5.32 Å². The van der Waals surface area contributed by atoms with Crippen molar-refractivity contribution in [3.8, 4) is 0 Å². The lowest BCUT2D eigenvalue weighted by molar-refractivity contribution is 0.103. The summed E-state index contributed by atoms with van der Waals surface area (Å²) in [5, 5.41) is 3.23. The van der Waals surface area contributed by atoms with Gasteiger partial charge in [0.05, 0.1) is 11.3 Å². The van der Waals surface area contributed by atoms with Crippen LogP contribution < -0.4 is 16.6 Å². The second kappa shape index (κ2) is 6.42. The second-order valence-corrected chi connectivity index (χ2v) is 8.12. The molecule has 1 aromatic heterocycles. The summed E-state index contributed by atoms with van der Waals surface area (Å²) in [7, 11) is 1.61. The number of carbonyl (C=O) groups excluding carboxylic acids is 1. The van der Waals surface area contributed by atoms with Gasteiger partial charge in [0.15, 0.2) is 5.78 Å². The van der Waals surface area contributed by atoms with Gasteiger partial charge in [-0.3, -0.25) is 19.1 Å². The number of hydrogen-bond donors (Lipinski definition) is 2. The summed E-state index contributed by atoms with van der Waals surface area (Å²) in [6.07, 6.45) is 0. The maximum absolute atomic E-state index is 13.4. The van der Waals surface area contributed by atoms with Gasteiger partial charge in [0.1, 0.15) is 5.82 Å². The van der Waals surface area contributed by atoms with Gasteiger partial charge in [0, 0.05) is 29.7 Å². The first-order valence-electron chi connectivity index (χ1n) is 9.96. The minimum absolute atomic E-state index is 0.0926. The van der Waals surface area contributed by atoms with E-state index >= 15 is 0 Å². The molecule has 1 aliphatic heterocycles. The third-order valence-electron chi connectivity index (χ3n) is 6.07. The number of carbonyl (C=O) groups is 1. The molecule has 0 bridgehead atoms. The minimum atomic E-state index is -0.562. The van der Waals surface area contributed by atoms with Crippen molar-refractivity contribution in [1.82, 2.24) is 9.55 Å². The highest BCUT2D eigenvalue weighted by Gasteiger charge is 2.42. The van der Waals surface area contributed by atoms with Crippen LogP contribution in [0.5, 0.6) is 0 Å². The molecule has 2 aromatic carbocycles. The van der Waals surface area contributed by atoms with Gasteiger partial charge in [-0.2, -0.15) is 0 Å². The number of hydrogen-bond acceptors (Lipinski definition) is 4. The van der Waals surface area contributed by atoms with Crippen LogP contribution in [0.3, 0.4) is 0 Å². The van der Waals surface area contributed by atoms with E-state index < -0.39 is 17.2 Å². The number of fused-ring (bicyclic) bond motifs is 3. The fraction of sp³-hybridized carbons (Fsp3) is 0.208. The molecule has 2 N–H and O–H groups in total. The van der Waals surface area contributed by atoms with Gasteiger partial charge in [0.25, 0.3) is 5.56 Å². The maximum Gasteiger partial charge on any atom is 0.329 e. The quantitative estimate of drug-likeness (QED) is 0.692. The Labute approximate surface area is 172 Å². The van der Waals surface area contributed by atoms with Gasteiger partial charge in [-0.1, -0.05) is 62.4 Å². The van der Waals surface area contributed by atoms with Gasteiger partial charge in [-0.05, 0) is 17.0 Å². The Bertz CT molecular complexity index is 1360. The van der Waals surface area contributed by atoms with Crippen LogP contribution in [0, 0.1) is 0 Å². The summed E-state index contributed by atoms with van der Waals surface area (Å²) < 4.78 is 1.39. The highest BCUT2D eigenvalue weighted by Crippen LogP contribution is 2.47. The minimum Gasteiger partial charge on any atom is -0.340 e. The molecule has 3 aromatic rings. The van der Waals surface area contributed by atoms with Gasteiger partial charge in [0.2, 0.25) is 0 Å². The molecule has 1 aliphatic carbocycles. The van der Waals surface area contributed by atoms with E-state index in [1.807, 2.05) is 42.5 Å². The van der Waals surface area contributed by atoms with E-state index in [4.69, 9.17) is 0 Å². The summed E-state index contributed by atoms with van der Waals surface area (Å²) in [4.78, 5) is 41.0. The number of nitrogens with one attached hydrogen (secondary N) is 2. The predicted octanol–water partition coefficient (Wildman–Crippen LogP) is 3.36. The Kier molecular flexibility index (Phi) is 3.93. The lowest BCUT2D eigenvalue weighted by atomic mass is 9.81. The number of ketones is 1. The molecular weight excluding hydrogens is 378 g/mol. The Morgan fingerprint density at radius 1 is 0.933 bits per heavy atom. The molecule has 6 heteroatoms. The van der Waals surface area contributed by atoms with Crippen LogP contribution in [0.4, 0.5) is 5.82 Å². The predicted molar refractivity (Wildman–Crippen MR) is 116 cm³/mol. The van der Waals surface area contributed by atoms with Crippen LogP contribution in [0.25, 0.3) is 5.70 Å².